The van der Waals surface area contributed by atoms with Gasteiger partial charge in [-0.15, -0.1) is 5.10 Å². The molecule has 1 aromatic heterocycles. The van der Waals surface area contributed by atoms with Crippen molar-refractivity contribution in [2.24, 2.45) is 5.41 Å². The van der Waals surface area contributed by atoms with Crippen molar-refractivity contribution in [1.82, 2.24) is 20.3 Å². The van der Waals surface area contributed by atoms with Crippen LogP contribution in [-0.4, -0.2) is 47.8 Å². The first kappa shape index (κ1) is 18.0. The third-order valence-electron chi connectivity index (χ3n) is 5.79. The molecule has 144 valence electrons. The normalized spacial score (nSPS) is 19.6. The number of ether oxygens (including phenoxy) is 2. The topological polar surface area (TPSA) is 78.3 Å². The Morgan fingerprint density at radius 2 is 2.11 bits per heavy atom. The van der Waals surface area contributed by atoms with Crippen LogP contribution in [0, 0.1) is 5.41 Å². The molecule has 0 unspecified atom stereocenters. The minimum atomic E-state index is -0.183. The Labute approximate surface area is 159 Å². The minimum absolute atomic E-state index is 0.0605. The molecule has 1 amide bonds. The number of carbonyl (C=O) groups excluding carboxylic acids is 1. The van der Waals surface area contributed by atoms with Gasteiger partial charge in [0, 0.05) is 22.9 Å². The number of methoxy groups -OCH3 is 1. The highest BCUT2D eigenvalue weighted by molar-refractivity contribution is 5.91. The number of hydrogen-bond acceptors (Lipinski definition) is 5. The van der Waals surface area contributed by atoms with Crippen LogP contribution in [0.15, 0.2) is 30.5 Å². The van der Waals surface area contributed by atoms with Gasteiger partial charge >= 0.3 is 0 Å². The Hall–Kier alpha value is -2.41. The third kappa shape index (κ3) is 3.43. The summed E-state index contributed by atoms with van der Waals surface area (Å²) in [6, 6.07) is 8.07. The van der Waals surface area contributed by atoms with Crippen molar-refractivity contribution in [3.63, 3.8) is 0 Å². The van der Waals surface area contributed by atoms with Crippen LogP contribution in [0.2, 0.25) is 0 Å². The zero-order valence-electron chi connectivity index (χ0n) is 15.9. The Kier molecular flexibility index (Phi) is 4.63. The van der Waals surface area contributed by atoms with Gasteiger partial charge in [0.2, 0.25) is 0 Å². The fraction of sp³-hybridized carbons (Fsp3) is 0.550. The summed E-state index contributed by atoms with van der Waals surface area (Å²) in [7, 11) is 1.69. The molecule has 2 aromatic rings. The summed E-state index contributed by atoms with van der Waals surface area (Å²) < 4.78 is 12.5. The second kappa shape index (κ2) is 6.96. The summed E-state index contributed by atoms with van der Waals surface area (Å²) in [5.41, 5.74) is 1.55. The molecule has 1 saturated heterocycles. The van der Waals surface area contributed by atoms with Crippen molar-refractivity contribution in [3.8, 4) is 5.75 Å². The molecule has 1 aromatic carbocycles. The Morgan fingerprint density at radius 1 is 1.33 bits per heavy atom. The number of nitrogens with one attached hydrogen (secondary N) is 1. The summed E-state index contributed by atoms with van der Waals surface area (Å²) in [5, 5.41) is 11.2. The van der Waals surface area contributed by atoms with E-state index in [4.69, 9.17) is 9.47 Å². The number of hydrogen-bond donors (Lipinski definition) is 1. The lowest BCUT2D eigenvalue weighted by Crippen LogP contribution is -2.45. The highest BCUT2D eigenvalue weighted by Crippen LogP contribution is 2.46. The number of nitrogens with zero attached hydrogens (tertiary/aromatic N) is 3. The maximum atomic E-state index is 12.6. The molecular weight excluding hydrogens is 344 g/mol. The van der Waals surface area contributed by atoms with Gasteiger partial charge < -0.3 is 14.8 Å². The number of para-hydroxylation sites is 1. The molecule has 1 saturated carbocycles. The number of benzene rings is 1. The monoisotopic (exact) mass is 370 g/mol. The van der Waals surface area contributed by atoms with E-state index in [1.54, 1.807) is 18.0 Å². The van der Waals surface area contributed by atoms with Crippen LogP contribution in [0.25, 0.3) is 0 Å². The van der Waals surface area contributed by atoms with Crippen LogP contribution < -0.4 is 10.1 Å². The maximum Gasteiger partial charge on any atom is 0.273 e. The molecule has 7 nitrogen and oxygen atoms in total. The van der Waals surface area contributed by atoms with Crippen molar-refractivity contribution in [2.45, 2.75) is 38.1 Å². The molecule has 2 aliphatic rings. The highest BCUT2D eigenvalue weighted by atomic mass is 16.5. The van der Waals surface area contributed by atoms with Crippen molar-refractivity contribution in [3.05, 3.63) is 41.7 Å². The van der Waals surface area contributed by atoms with Crippen LogP contribution in [-0.2, 0) is 16.7 Å². The van der Waals surface area contributed by atoms with E-state index < -0.39 is 0 Å². The minimum Gasteiger partial charge on any atom is -0.496 e. The summed E-state index contributed by atoms with van der Waals surface area (Å²) in [6.07, 6.45) is 4.96. The molecular formula is C20H26N4O3. The van der Waals surface area contributed by atoms with Crippen molar-refractivity contribution >= 4 is 5.91 Å². The molecule has 0 spiro atoms. The van der Waals surface area contributed by atoms with E-state index in [0.29, 0.717) is 18.8 Å². The van der Waals surface area contributed by atoms with Gasteiger partial charge in [0.15, 0.2) is 5.69 Å². The molecule has 0 radical (unpaired) electrons. The Balaban J connectivity index is 1.42. The van der Waals surface area contributed by atoms with Gasteiger partial charge in [-0.1, -0.05) is 36.8 Å². The standard InChI is InChI=1S/C20H26N4O3/c1-19(13-27-14-19)12-24-10-16(22-23-24)18(25)21-11-20(8-5-9-20)15-6-3-4-7-17(15)26-2/h3-4,6-7,10H,5,8-9,11-14H2,1-2H3,(H,21,25). The Bertz CT molecular complexity index is 824. The van der Waals surface area contributed by atoms with Gasteiger partial charge in [-0.2, -0.15) is 0 Å². The zero-order chi connectivity index (χ0) is 18.9. The average Bonchev–Trinajstić information content (AvgIpc) is 3.08. The fourth-order valence-electron chi connectivity index (χ4n) is 3.98. The number of aromatic nitrogens is 3. The van der Waals surface area contributed by atoms with E-state index in [1.807, 2.05) is 18.2 Å². The van der Waals surface area contributed by atoms with Crippen LogP contribution in [0.3, 0.4) is 0 Å². The smallest absolute Gasteiger partial charge is 0.273 e. The molecule has 1 aliphatic heterocycles. The largest absolute Gasteiger partial charge is 0.496 e. The van der Waals surface area contributed by atoms with Gasteiger partial charge in [-0.25, -0.2) is 0 Å². The van der Waals surface area contributed by atoms with Gasteiger partial charge in [-0.05, 0) is 18.9 Å². The summed E-state index contributed by atoms with van der Waals surface area (Å²) >= 11 is 0. The SMILES string of the molecule is COc1ccccc1C1(CNC(=O)c2cn(CC3(C)COC3)nn2)CCC1. The second-order valence-corrected chi connectivity index (χ2v) is 8.12. The van der Waals surface area contributed by atoms with Crippen molar-refractivity contribution in [2.75, 3.05) is 26.9 Å². The van der Waals surface area contributed by atoms with Crippen LogP contribution >= 0.6 is 0 Å². The number of carbonyl (C=O) groups is 1. The molecule has 0 bridgehead atoms. The summed E-state index contributed by atoms with van der Waals surface area (Å²) in [6.45, 7) is 4.86. The first-order chi connectivity index (χ1) is 13.0. The summed E-state index contributed by atoms with van der Waals surface area (Å²) in [5.74, 6) is 0.700. The first-order valence-corrected chi connectivity index (χ1v) is 9.43. The lowest BCUT2D eigenvalue weighted by atomic mass is 9.64. The van der Waals surface area contributed by atoms with Gasteiger partial charge in [0.1, 0.15) is 5.75 Å². The van der Waals surface area contributed by atoms with E-state index in [1.165, 1.54) is 5.56 Å². The highest BCUT2D eigenvalue weighted by Gasteiger charge is 2.41. The first-order valence-electron chi connectivity index (χ1n) is 9.43. The lowest BCUT2D eigenvalue weighted by Gasteiger charge is -2.43. The van der Waals surface area contributed by atoms with E-state index in [-0.39, 0.29) is 16.7 Å². The fourth-order valence-corrected chi connectivity index (χ4v) is 3.98. The van der Waals surface area contributed by atoms with E-state index >= 15 is 0 Å². The molecule has 2 heterocycles. The molecule has 0 atom stereocenters. The number of rotatable bonds is 7. The molecule has 27 heavy (non-hydrogen) atoms. The molecule has 1 N–H and O–H groups in total. The second-order valence-electron chi connectivity index (χ2n) is 8.12. The summed E-state index contributed by atoms with van der Waals surface area (Å²) in [4.78, 5) is 12.6. The predicted octanol–water partition coefficient (Wildman–Crippen LogP) is 2.17. The predicted molar refractivity (Wildman–Crippen MR) is 99.8 cm³/mol. The van der Waals surface area contributed by atoms with E-state index in [0.717, 1.165) is 38.2 Å². The lowest BCUT2D eigenvalue weighted by molar-refractivity contribution is -0.111. The van der Waals surface area contributed by atoms with E-state index in [9.17, 15) is 4.79 Å². The number of amides is 1. The van der Waals surface area contributed by atoms with Crippen LogP contribution in [0.5, 0.6) is 5.75 Å². The van der Waals surface area contributed by atoms with Crippen LogP contribution in [0.4, 0.5) is 0 Å². The van der Waals surface area contributed by atoms with E-state index in [2.05, 4.69) is 28.6 Å². The van der Waals surface area contributed by atoms with Gasteiger partial charge in [0.25, 0.3) is 5.91 Å². The molecule has 7 heteroatoms. The third-order valence-corrected chi connectivity index (χ3v) is 5.79. The zero-order valence-corrected chi connectivity index (χ0v) is 15.9. The average molecular weight is 370 g/mol. The van der Waals surface area contributed by atoms with Gasteiger partial charge in [0.05, 0.1) is 33.1 Å². The van der Waals surface area contributed by atoms with Gasteiger partial charge in [-0.3, -0.25) is 9.48 Å². The molecule has 1 aliphatic carbocycles. The Morgan fingerprint density at radius 3 is 2.74 bits per heavy atom. The molecule has 2 fully saturated rings. The quantitative estimate of drug-likeness (QED) is 0.808. The van der Waals surface area contributed by atoms with Crippen molar-refractivity contribution in [1.29, 1.82) is 0 Å². The van der Waals surface area contributed by atoms with Crippen molar-refractivity contribution < 1.29 is 14.3 Å². The molecule has 4 rings (SSSR count). The van der Waals surface area contributed by atoms with Crippen LogP contribution in [0.1, 0.15) is 42.2 Å². The maximum absolute atomic E-state index is 12.6.